The first kappa shape index (κ1) is 11.2. The van der Waals surface area contributed by atoms with E-state index in [0.29, 0.717) is 16.8 Å². The molecule has 3 nitrogen and oxygen atoms in total. The molecule has 2 aliphatic carbocycles. The van der Waals surface area contributed by atoms with Gasteiger partial charge in [0.05, 0.1) is 0 Å². The number of thiophene rings is 1. The Balaban J connectivity index is 1.54. The molecule has 0 unspecified atom stereocenters. The standard InChI is InChI=1S/C13H17NO2S/c15-12(16)11-9(3-6-17-11)7-14-8-13(4-5-13)10-1-2-10/h3,6,10,14H,1-2,4-5,7-8H2,(H,15,16). The Bertz CT molecular complexity index is 432. The zero-order chi connectivity index (χ0) is 11.9. The number of carbonyl (C=O) groups is 1. The molecule has 0 saturated heterocycles. The van der Waals surface area contributed by atoms with Crippen LogP contribution in [0.4, 0.5) is 0 Å². The van der Waals surface area contributed by atoms with Gasteiger partial charge in [0, 0.05) is 13.1 Å². The Kier molecular flexibility index (Phi) is 2.71. The molecule has 0 spiro atoms. The second-order valence-corrected chi connectivity index (χ2v) is 6.24. The number of rotatable bonds is 6. The molecule has 2 aliphatic rings. The molecule has 0 aromatic carbocycles. The van der Waals surface area contributed by atoms with Gasteiger partial charge in [0.25, 0.3) is 0 Å². The van der Waals surface area contributed by atoms with E-state index in [4.69, 9.17) is 5.11 Å². The predicted octanol–water partition coefficient (Wildman–Crippen LogP) is 2.73. The fourth-order valence-electron chi connectivity index (χ4n) is 2.69. The maximum absolute atomic E-state index is 11.0. The van der Waals surface area contributed by atoms with Crippen LogP contribution in [-0.4, -0.2) is 17.6 Å². The summed E-state index contributed by atoms with van der Waals surface area (Å²) in [7, 11) is 0. The third-order valence-corrected chi connectivity index (χ3v) is 5.01. The third-order valence-electron chi connectivity index (χ3n) is 4.07. The highest BCUT2D eigenvalue weighted by molar-refractivity contribution is 7.12. The molecule has 1 aromatic heterocycles. The lowest BCUT2D eigenvalue weighted by molar-refractivity contribution is 0.0701. The lowest BCUT2D eigenvalue weighted by Gasteiger charge is -2.14. The summed E-state index contributed by atoms with van der Waals surface area (Å²) in [5, 5.41) is 14.3. The van der Waals surface area contributed by atoms with E-state index in [9.17, 15) is 4.79 Å². The number of aromatic carboxylic acids is 1. The monoisotopic (exact) mass is 251 g/mol. The van der Waals surface area contributed by atoms with Crippen LogP contribution in [0.25, 0.3) is 0 Å². The maximum atomic E-state index is 11.0. The first-order valence-electron chi connectivity index (χ1n) is 6.22. The molecule has 1 heterocycles. The summed E-state index contributed by atoms with van der Waals surface area (Å²) in [4.78, 5) is 11.4. The van der Waals surface area contributed by atoms with E-state index in [2.05, 4.69) is 5.32 Å². The molecule has 0 bridgehead atoms. The molecule has 2 fully saturated rings. The predicted molar refractivity (Wildman–Crippen MR) is 67.4 cm³/mol. The van der Waals surface area contributed by atoms with Crippen LogP contribution in [0, 0.1) is 11.3 Å². The summed E-state index contributed by atoms with van der Waals surface area (Å²) in [6.45, 7) is 1.76. The van der Waals surface area contributed by atoms with Crippen LogP contribution in [-0.2, 0) is 6.54 Å². The Morgan fingerprint density at radius 2 is 2.29 bits per heavy atom. The minimum absolute atomic E-state index is 0.480. The van der Waals surface area contributed by atoms with Crippen LogP contribution in [0.2, 0.25) is 0 Å². The van der Waals surface area contributed by atoms with Crippen LogP contribution < -0.4 is 5.32 Å². The molecule has 17 heavy (non-hydrogen) atoms. The molecule has 0 aliphatic heterocycles. The fraction of sp³-hybridized carbons (Fsp3) is 0.615. The Morgan fingerprint density at radius 1 is 1.53 bits per heavy atom. The van der Waals surface area contributed by atoms with Gasteiger partial charge >= 0.3 is 5.97 Å². The van der Waals surface area contributed by atoms with Gasteiger partial charge in [-0.15, -0.1) is 11.3 Å². The third kappa shape index (κ3) is 2.24. The van der Waals surface area contributed by atoms with E-state index >= 15 is 0 Å². The van der Waals surface area contributed by atoms with E-state index in [1.54, 1.807) is 0 Å². The van der Waals surface area contributed by atoms with Gasteiger partial charge < -0.3 is 10.4 Å². The van der Waals surface area contributed by atoms with Crippen LogP contribution in [0.15, 0.2) is 11.4 Å². The van der Waals surface area contributed by atoms with Gasteiger partial charge in [-0.05, 0) is 54.0 Å². The normalized spacial score (nSPS) is 21.4. The summed E-state index contributed by atoms with van der Waals surface area (Å²) < 4.78 is 0. The number of carboxylic acids is 1. The van der Waals surface area contributed by atoms with E-state index in [-0.39, 0.29) is 0 Å². The molecule has 2 saturated carbocycles. The molecule has 2 N–H and O–H groups in total. The maximum Gasteiger partial charge on any atom is 0.346 e. The molecular weight excluding hydrogens is 234 g/mol. The van der Waals surface area contributed by atoms with Crippen LogP contribution in [0.3, 0.4) is 0 Å². The number of hydrogen-bond donors (Lipinski definition) is 2. The molecule has 1 aromatic rings. The van der Waals surface area contributed by atoms with Crippen molar-refractivity contribution in [1.82, 2.24) is 5.32 Å². The van der Waals surface area contributed by atoms with Crippen LogP contribution >= 0.6 is 11.3 Å². The van der Waals surface area contributed by atoms with Crippen molar-refractivity contribution >= 4 is 17.3 Å². The first-order chi connectivity index (χ1) is 8.21. The lowest BCUT2D eigenvalue weighted by Crippen LogP contribution is -2.25. The van der Waals surface area contributed by atoms with Crippen molar-refractivity contribution in [2.75, 3.05) is 6.54 Å². The second-order valence-electron chi connectivity index (χ2n) is 5.32. The first-order valence-corrected chi connectivity index (χ1v) is 7.10. The van der Waals surface area contributed by atoms with Crippen molar-refractivity contribution in [2.45, 2.75) is 32.2 Å². The molecule has 0 atom stereocenters. The number of carboxylic acid groups (broad SMARTS) is 1. The topological polar surface area (TPSA) is 49.3 Å². The molecular formula is C13H17NO2S. The highest BCUT2D eigenvalue weighted by atomic mass is 32.1. The minimum Gasteiger partial charge on any atom is -0.477 e. The van der Waals surface area contributed by atoms with Crippen molar-refractivity contribution in [3.05, 3.63) is 21.9 Å². The summed E-state index contributed by atoms with van der Waals surface area (Å²) in [5.74, 6) is 0.150. The van der Waals surface area contributed by atoms with Crippen molar-refractivity contribution < 1.29 is 9.90 Å². The Hall–Kier alpha value is -0.870. The van der Waals surface area contributed by atoms with E-state index in [0.717, 1.165) is 18.0 Å². The van der Waals surface area contributed by atoms with Gasteiger partial charge in [0.2, 0.25) is 0 Å². The zero-order valence-electron chi connectivity index (χ0n) is 9.74. The number of hydrogen-bond acceptors (Lipinski definition) is 3. The van der Waals surface area contributed by atoms with E-state index in [1.165, 1.54) is 37.0 Å². The van der Waals surface area contributed by atoms with Crippen LogP contribution in [0.5, 0.6) is 0 Å². The van der Waals surface area contributed by atoms with Crippen molar-refractivity contribution in [1.29, 1.82) is 0 Å². The smallest absolute Gasteiger partial charge is 0.346 e. The molecule has 92 valence electrons. The summed E-state index contributed by atoms with van der Waals surface area (Å²) >= 11 is 1.31. The highest BCUT2D eigenvalue weighted by Gasteiger charge is 2.53. The van der Waals surface area contributed by atoms with Gasteiger partial charge in [-0.1, -0.05) is 0 Å². The van der Waals surface area contributed by atoms with Gasteiger partial charge in [0.1, 0.15) is 4.88 Å². The SMILES string of the molecule is O=C(O)c1sccc1CNCC1(C2CC2)CC1. The summed E-state index contributed by atoms with van der Waals surface area (Å²) in [5.41, 5.74) is 1.51. The van der Waals surface area contributed by atoms with E-state index < -0.39 is 5.97 Å². The molecule has 4 heteroatoms. The summed E-state index contributed by atoms with van der Waals surface area (Å²) in [6, 6.07) is 1.91. The van der Waals surface area contributed by atoms with E-state index in [1.807, 2.05) is 11.4 Å². The highest BCUT2D eigenvalue weighted by Crippen LogP contribution is 2.60. The largest absolute Gasteiger partial charge is 0.477 e. The fourth-order valence-corrected chi connectivity index (χ4v) is 3.46. The number of nitrogens with one attached hydrogen (secondary N) is 1. The zero-order valence-corrected chi connectivity index (χ0v) is 10.6. The average Bonchev–Trinajstić information content (AvgIpc) is 3.17. The van der Waals surface area contributed by atoms with Crippen molar-refractivity contribution in [3.8, 4) is 0 Å². The van der Waals surface area contributed by atoms with Crippen molar-refractivity contribution in [2.24, 2.45) is 11.3 Å². The van der Waals surface area contributed by atoms with Gasteiger partial charge in [-0.3, -0.25) is 0 Å². The van der Waals surface area contributed by atoms with Gasteiger partial charge in [-0.25, -0.2) is 4.79 Å². The Labute approximate surface area is 105 Å². The minimum atomic E-state index is -0.805. The second kappa shape index (κ2) is 4.10. The average molecular weight is 251 g/mol. The van der Waals surface area contributed by atoms with Crippen LogP contribution in [0.1, 0.15) is 40.9 Å². The molecule has 3 rings (SSSR count). The van der Waals surface area contributed by atoms with Gasteiger partial charge in [0.15, 0.2) is 0 Å². The van der Waals surface area contributed by atoms with Crippen molar-refractivity contribution in [3.63, 3.8) is 0 Å². The summed E-state index contributed by atoms with van der Waals surface area (Å²) in [6.07, 6.45) is 5.53. The molecule has 0 amide bonds. The molecule has 0 radical (unpaired) electrons. The van der Waals surface area contributed by atoms with Gasteiger partial charge in [-0.2, -0.15) is 0 Å². The quantitative estimate of drug-likeness (QED) is 0.817. The lowest BCUT2D eigenvalue weighted by atomic mass is 10.0. The Morgan fingerprint density at radius 3 is 2.88 bits per heavy atom.